The normalized spacial score (nSPS) is 16.2. The zero-order valence-corrected chi connectivity index (χ0v) is 14.8. The summed E-state index contributed by atoms with van der Waals surface area (Å²) in [6.07, 6.45) is 0.582. The summed E-state index contributed by atoms with van der Waals surface area (Å²) in [4.78, 5) is 12.4. The molecule has 3 rings (SSSR count). The van der Waals surface area contributed by atoms with Crippen molar-refractivity contribution >= 4 is 50.5 Å². The van der Waals surface area contributed by atoms with Crippen LogP contribution in [0.3, 0.4) is 0 Å². The van der Waals surface area contributed by atoms with Crippen LogP contribution >= 0.6 is 23.2 Å². The standard InChI is InChI=1S/C16H14Cl2N2O3S/c17-12-5-6-15(14(18)10-12)19-16(21)11-3-1-4-13(9-11)20-7-2-8-24(20,22)23/h1,3-6,9-10H,2,7-8H2,(H,19,21). The topological polar surface area (TPSA) is 66.5 Å². The van der Waals surface area contributed by atoms with E-state index in [1.165, 1.54) is 10.4 Å². The van der Waals surface area contributed by atoms with Crippen molar-refractivity contribution in [3.63, 3.8) is 0 Å². The van der Waals surface area contributed by atoms with Gasteiger partial charge in [-0.2, -0.15) is 0 Å². The second-order valence-corrected chi connectivity index (χ2v) is 8.23. The van der Waals surface area contributed by atoms with E-state index in [1.807, 2.05) is 0 Å². The lowest BCUT2D eigenvalue weighted by Gasteiger charge is -2.17. The molecule has 0 spiro atoms. The number of halogens is 2. The van der Waals surface area contributed by atoms with Gasteiger partial charge in [-0.3, -0.25) is 9.10 Å². The summed E-state index contributed by atoms with van der Waals surface area (Å²) in [5.41, 5.74) is 1.27. The van der Waals surface area contributed by atoms with Crippen LogP contribution in [0.25, 0.3) is 0 Å². The first-order valence-electron chi connectivity index (χ1n) is 7.24. The Morgan fingerprint density at radius 2 is 1.92 bits per heavy atom. The quantitative estimate of drug-likeness (QED) is 0.875. The van der Waals surface area contributed by atoms with Crippen LogP contribution in [0.2, 0.25) is 10.0 Å². The highest BCUT2D eigenvalue weighted by Gasteiger charge is 2.28. The summed E-state index contributed by atoms with van der Waals surface area (Å²) < 4.78 is 25.3. The van der Waals surface area contributed by atoms with Crippen molar-refractivity contribution in [1.29, 1.82) is 0 Å². The molecule has 0 atom stereocenters. The summed E-state index contributed by atoms with van der Waals surface area (Å²) in [7, 11) is -3.29. The SMILES string of the molecule is O=C(Nc1ccc(Cl)cc1Cl)c1cccc(N2CCCS2(=O)=O)c1. The Labute approximate surface area is 150 Å². The monoisotopic (exact) mass is 384 g/mol. The van der Waals surface area contributed by atoms with E-state index in [1.54, 1.807) is 36.4 Å². The molecule has 1 saturated heterocycles. The minimum atomic E-state index is -3.29. The van der Waals surface area contributed by atoms with E-state index in [0.717, 1.165) is 0 Å². The largest absolute Gasteiger partial charge is 0.321 e. The van der Waals surface area contributed by atoms with E-state index in [-0.39, 0.29) is 11.7 Å². The molecule has 1 N–H and O–H groups in total. The molecule has 5 nitrogen and oxygen atoms in total. The molecule has 0 saturated carbocycles. The number of carbonyl (C=O) groups is 1. The third-order valence-corrected chi connectivity index (χ3v) is 6.09. The molecule has 1 aliphatic rings. The fraction of sp³-hybridized carbons (Fsp3) is 0.188. The molecule has 126 valence electrons. The zero-order valence-electron chi connectivity index (χ0n) is 12.5. The molecule has 0 unspecified atom stereocenters. The van der Waals surface area contributed by atoms with Crippen LogP contribution in [-0.4, -0.2) is 26.6 Å². The van der Waals surface area contributed by atoms with E-state index in [2.05, 4.69) is 5.32 Å². The van der Waals surface area contributed by atoms with Gasteiger partial charge in [-0.05, 0) is 42.8 Å². The Balaban J connectivity index is 1.84. The van der Waals surface area contributed by atoms with Crippen molar-refractivity contribution in [3.8, 4) is 0 Å². The molecule has 2 aromatic rings. The number of sulfonamides is 1. The number of carbonyl (C=O) groups excluding carboxylic acids is 1. The highest BCUT2D eigenvalue weighted by atomic mass is 35.5. The first kappa shape index (κ1) is 17.1. The maximum Gasteiger partial charge on any atom is 0.255 e. The van der Waals surface area contributed by atoms with Crippen LogP contribution in [0.4, 0.5) is 11.4 Å². The van der Waals surface area contributed by atoms with Crippen LogP contribution in [0, 0.1) is 0 Å². The van der Waals surface area contributed by atoms with Crippen LogP contribution in [0.15, 0.2) is 42.5 Å². The van der Waals surface area contributed by atoms with Crippen LogP contribution in [0.1, 0.15) is 16.8 Å². The summed E-state index contributed by atoms with van der Waals surface area (Å²) in [6.45, 7) is 0.427. The molecule has 0 bridgehead atoms. The summed E-state index contributed by atoms with van der Waals surface area (Å²) in [5.74, 6) is -0.248. The van der Waals surface area contributed by atoms with Crippen molar-refractivity contribution in [2.45, 2.75) is 6.42 Å². The lowest BCUT2D eigenvalue weighted by atomic mass is 10.1. The number of hydrogen-bond acceptors (Lipinski definition) is 3. The number of nitrogens with zero attached hydrogens (tertiary/aromatic N) is 1. The Kier molecular flexibility index (Phi) is 4.71. The molecular formula is C16H14Cl2N2O3S. The highest BCUT2D eigenvalue weighted by Crippen LogP contribution is 2.27. The Morgan fingerprint density at radius 3 is 2.58 bits per heavy atom. The summed E-state index contributed by atoms with van der Waals surface area (Å²) in [5, 5.41) is 3.49. The van der Waals surface area contributed by atoms with Crippen molar-refractivity contribution in [1.82, 2.24) is 0 Å². The van der Waals surface area contributed by atoms with Crippen molar-refractivity contribution in [2.24, 2.45) is 0 Å². The van der Waals surface area contributed by atoms with Gasteiger partial charge in [0, 0.05) is 17.1 Å². The molecular weight excluding hydrogens is 371 g/mol. The van der Waals surface area contributed by atoms with Gasteiger partial charge in [0.2, 0.25) is 10.0 Å². The Morgan fingerprint density at radius 1 is 1.12 bits per heavy atom. The fourth-order valence-electron chi connectivity index (χ4n) is 2.52. The molecule has 2 aromatic carbocycles. The van der Waals surface area contributed by atoms with Gasteiger partial charge in [0.1, 0.15) is 0 Å². The number of benzene rings is 2. The van der Waals surface area contributed by atoms with Gasteiger partial charge in [-0.15, -0.1) is 0 Å². The van der Waals surface area contributed by atoms with E-state index >= 15 is 0 Å². The van der Waals surface area contributed by atoms with Gasteiger partial charge in [-0.25, -0.2) is 8.42 Å². The third kappa shape index (κ3) is 3.50. The molecule has 0 aromatic heterocycles. The van der Waals surface area contributed by atoms with Gasteiger partial charge >= 0.3 is 0 Å². The molecule has 8 heteroatoms. The van der Waals surface area contributed by atoms with Crippen LogP contribution < -0.4 is 9.62 Å². The molecule has 24 heavy (non-hydrogen) atoms. The number of anilines is 2. The smallest absolute Gasteiger partial charge is 0.255 e. The lowest BCUT2D eigenvalue weighted by molar-refractivity contribution is 0.102. The van der Waals surface area contributed by atoms with E-state index in [9.17, 15) is 13.2 Å². The van der Waals surface area contributed by atoms with Gasteiger partial charge in [-0.1, -0.05) is 29.3 Å². The van der Waals surface area contributed by atoms with Gasteiger partial charge in [0.05, 0.1) is 22.2 Å². The highest BCUT2D eigenvalue weighted by molar-refractivity contribution is 7.93. The second-order valence-electron chi connectivity index (χ2n) is 5.37. The van der Waals surface area contributed by atoms with E-state index in [0.29, 0.717) is 39.9 Å². The lowest BCUT2D eigenvalue weighted by Crippen LogP contribution is -2.25. The number of amides is 1. The maximum absolute atomic E-state index is 12.4. The van der Waals surface area contributed by atoms with Crippen molar-refractivity contribution in [3.05, 3.63) is 58.1 Å². The molecule has 0 aliphatic carbocycles. The minimum absolute atomic E-state index is 0.129. The van der Waals surface area contributed by atoms with Gasteiger partial charge < -0.3 is 5.32 Å². The minimum Gasteiger partial charge on any atom is -0.321 e. The fourth-order valence-corrected chi connectivity index (χ4v) is 4.53. The van der Waals surface area contributed by atoms with E-state index < -0.39 is 10.0 Å². The van der Waals surface area contributed by atoms with Crippen molar-refractivity contribution in [2.75, 3.05) is 21.9 Å². The Hall–Kier alpha value is -1.76. The molecule has 0 radical (unpaired) electrons. The summed E-state index contributed by atoms with van der Waals surface area (Å²) >= 11 is 11.9. The molecule has 1 aliphatic heterocycles. The van der Waals surface area contributed by atoms with E-state index in [4.69, 9.17) is 23.2 Å². The Bertz CT molecular complexity index is 900. The van der Waals surface area contributed by atoms with Crippen molar-refractivity contribution < 1.29 is 13.2 Å². The maximum atomic E-state index is 12.4. The van der Waals surface area contributed by atoms with Gasteiger partial charge in [0.25, 0.3) is 5.91 Å². The van der Waals surface area contributed by atoms with Crippen LogP contribution in [0.5, 0.6) is 0 Å². The molecule has 1 fully saturated rings. The average molecular weight is 385 g/mol. The predicted octanol–water partition coefficient (Wildman–Crippen LogP) is 3.79. The first-order chi connectivity index (χ1) is 11.4. The first-order valence-corrected chi connectivity index (χ1v) is 9.60. The number of nitrogens with one attached hydrogen (secondary N) is 1. The van der Waals surface area contributed by atoms with Gasteiger partial charge in [0.15, 0.2) is 0 Å². The zero-order chi connectivity index (χ0) is 17.3. The second kappa shape index (κ2) is 6.63. The molecule has 1 heterocycles. The predicted molar refractivity (Wildman–Crippen MR) is 96.6 cm³/mol. The molecule has 1 amide bonds. The number of rotatable bonds is 3. The third-order valence-electron chi connectivity index (χ3n) is 3.67. The van der Waals surface area contributed by atoms with Crippen LogP contribution in [-0.2, 0) is 10.0 Å². The average Bonchev–Trinajstić information content (AvgIpc) is 2.89. The summed E-state index contributed by atoms with van der Waals surface area (Å²) in [6, 6.07) is 11.3. The number of hydrogen-bond donors (Lipinski definition) is 1.